The zero-order valence-electron chi connectivity index (χ0n) is 13.3. The van der Waals surface area contributed by atoms with Gasteiger partial charge in [-0.1, -0.05) is 18.5 Å². The van der Waals surface area contributed by atoms with Gasteiger partial charge >= 0.3 is 0 Å². The third-order valence-electron chi connectivity index (χ3n) is 3.56. The standard InChI is InChI=1S/C16H17ClN6O/c1-3-10(2)19-13-7-12(17)8-14-20-16(22-23(13)14)21-15(24)11-5-4-6-18-9-11/h4-10,19H,3H2,1-2H3,(H,21,22,24). The molecule has 0 aromatic carbocycles. The van der Waals surface area contributed by atoms with Crippen LogP contribution in [0.1, 0.15) is 30.6 Å². The van der Waals surface area contributed by atoms with E-state index >= 15 is 0 Å². The first-order valence-corrected chi connectivity index (χ1v) is 7.99. The predicted molar refractivity (Wildman–Crippen MR) is 93.6 cm³/mol. The fourth-order valence-electron chi connectivity index (χ4n) is 2.13. The Morgan fingerprint density at radius 2 is 2.25 bits per heavy atom. The molecule has 0 fully saturated rings. The first-order chi connectivity index (χ1) is 11.6. The molecule has 8 heteroatoms. The summed E-state index contributed by atoms with van der Waals surface area (Å²) in [6, 6.07) is 7.09. The average molecular weight is 345 g/mol. The van der Waals surface area contributed by atoms with Crippen LogP contribution in [-0.2, 0) is 0 Å². The van der Waals surface area contributed by atoms with Gasteiger partial charge in [-0.25, -0.2) is 0 Å². The molecule has 1 amide bonds. The number of hydrogen-bond acceptors (Lipinski definition) is 5. The molecule has 0 radical (unpaired) electrons. The molecule has 0 saturated carbocycles. The SMILES string of the molecule is CCC(C)Nc1cc(Cl)cc2nc(NC(=O)c3cccnc3)nn12. The summed E-state index contributed by atoms with van der Waals surface area (Å²) in [5, 5.41) is 10.9. The lowest BCUT2D eigenvalue weighted by molar-refractivity contribution is 0.102. The predicted octanol–water partition coefficient (Wildman–Crippen LogP) is 3.24. The number of anilines is 2. The third kappa shape index (κ3) is 3.46. The van der Waals surface area contributed by atoms with Crippen molar-refractivity contribution in [3.8, 4) is 0 Å². The largest absolute Gasteiger partial charge is 0.367 e. The minimum absolute atomic E-state index is 0.207. The van der Waals surface area contributed by atoms with Gasteiger partial charge in [-0.2, -0.15) is 9.50 Å². The Balaban J connectivity index is 1.90. The van der Waals surface area contributed by atoms with Gasteiger partial charge in [0, 0.05) is 29.5 Å². The highest BCUT2D eigenvalue weighted by atomic mass is 35.5. The molecule has 0 bridgehead atoms. The Morgan fingerprint density at radius 3 is 2.96 bits per heavy atom. The molecule has 2 N–H and O–H groups in total. The molecule has 124 valence electrons. The molecule has 0 aliphatic carbocycles. The van der Waals surface area contributed by atoms with Crippen molar-refractivity contribution in [2.24, 2.45) is 0 Å². The van der Waals surface area contributed by atoms with Gasteiger partial charge < -0.3 is 5.32 Å². The van der Waals surface area contributed by atoms with Gasteiger partial charge in [-0.05, 0) is 31.5 Å². The minimum atomic E-state index is -0.318. The molecule has 0 saturated heterocycles. The molecule has 7 nitrogen and oxygen atoms in total. The van der Waals surface area contributed by atoms with Gasteiger partial charge in [0.15, 0.2) is 5.65 Å². The van der Waals surface area contributed by atoms with Gasteiger partial charge in [0.05, 0.1) is 5.56 Å². The van der Waals surface area contributed by atoms with Gasteiger partial charge in [0.2, 0.25) is 5.95 Å². The van der Waals surface area contributed by atoms with Crippen LogP contribution in [0.3, 0.4) is 0 Å². The topological polar surface area (TPSA) is 84.2 Å². The summed E-state index contributed by atoms with van der Waals surface area (Å²) in [5.41, 5.74) is 0.988. The smallest absolute Gasteiger partial charge is 0.259 e. The van der Waals surface area contributed by atoms with Crippen molar-refractivity contribution < 1.29 is 4.79 Å². The number of carbonyl (C=O) groups excluding carboxylic acids is 1. The number of nitrogens with one attached hydrogen (secondary N) is 2. The zero-order chi connectivity index (χ0) is 17.1. The van der Waals surface area contributed by atoms with Crippen molar-refractivity contribution in [2.45, 2.75) is 26.3 Å². The van der Waals surface area contributed by atoms with Gasteiger partial charge in [0.25, 0.3) is 5.91 Å². The van der Waals surface area contributed by atoms with Crippen LogP contribution in [0.4, 0.5) is 11.8 Å². The number of carbonyl (C=O) groups is 1. The molecule has 3 aromatic rings. The lowest BCUT2D eigenvalue weighted by Crippen LogP contribution is -2.16. The molecule has 1 unspecified atom stereocenters. The van der Waals surface area contributed by atoms with E-state index < -0.39 is 0 Å². The van der Waals surface area contributed by atoms with Crippen molar-refractivity contribution in [1.82, 2.24) is 19.6 Å². The summed E-state index contributed by atoms with van der Waals surface area (Å²) in [5.74, 6) is 0.612. The number of fused-ring (bicyclic) bond motifs is 1. The average Bonchev–Trinajstić information content (AvgIpc) is 2.97. The maximum Gasteiger partial charge on any atom is 0.259 e. The monoisotopic (exact) mass is 344 g/mol. The molecule has 0 spiro atoms. The fraction of sp³-hybridized carbons (Fsp3) is 0.250. The quantitative estimate of drug-likeness (QED) is 0.742. The Hall–Kier alpha value is -2.67. The molecule has 3 heterocycles. The van der Waals surface area contributed by atoms with E-state index in [9.17, 15) is 4.79 Å². The first-order valence-electron chi connectivity index (χ1n) is 7.61. The molecular formula is C16H17ClN6O. The highest BCUT2D eigenvalue weighted by Gasteiger charge is 2.13. The lowest BCUT2D eigenvalue weighted by Gasteiger charge is -2.13. The van der Waals surface area contributed by atoms with E-state index in [2.05, 4.69) is 39.5 Å². The Morgan fingerprint density at radius 1 is 1.42 bits per heavy atom. The highest BCUT2D eigenvalue weighted by Crippen LogP contribution is 2.21. The molecular weight excluding hydrogens is 328 g/mol. The lowest BCUT2D eigenvalue weighted by atomic mass is 10.2. The molecule has 24 heavy (non-hydrogen) atoms. The number of pyridine rings is 2. The molecule has 0 aliphatic rings. The third-order valence-corrected chi connectivity index (χ3v) is 3.78. The molecule has 3 aromatic heterocycles. The fourth-order valence-corrected chi connectivity index (χ4v) is 2.33. The van der Waals surface area contributed by atoms with Crippen molar-refractivity contribution >= 4 is 34.9 Å². The number of hydrogen-bond donors (Lipinski definition) is 2. The summed E-state index contributed by atoms with van der Waals surface area (Å²) in [6.45, 7) is 4.15. The number of nitrogens with zero attached hydrogens (tertiary/aromatic N) is 4. The number of amides is 1. The van der Waals surface area contributed by atoms with E-state index in [1.165, 1.54) is 6.20 Å². The van der Waals surface area contributed by atoms with E-state index in [0.29, 0.717) is 16.2 Å². The van der Waals surface area contributed by atoms with E-state index in [-0.39, 0.29) is 17.9 Å². The highest BCUT2D eigenvalue weighted by molar-refractivity contribution is 6.31. The van der Waals surface area contributed by atoms with E-state index in [0.717, 1.165) is 12.2 Å². The van der Waals surface area contributed by atoms with Crippen molar-refractivity contribution in [1.29, 1.82) is 0 Å². The van der Waals surface area contributed by atoms with Gasteiger partial charge in [-0.3, -0.25) is 15.1 Å². The number of aromatic nitrogens is 4. The number of halogens is 1. The molecule has 0 aliphatic heterocycles. The van der Waals surface area contributed by atoms with Crippen molar-refractivity contribution in [3.05, 3.63) is 47.2 Å². The Kier molecular flexibility index (Phi) is 4.61. The van der Waals surface area contributed by atoms with E-state index in [1.54, 1.807) is 35.0 Å². The zero-order valence-corrected chi connectivity index (χ0v) is 14.1. The first kappa shape index (κ1) is 16.2. The van der Waals surface area contributed by atoms with Crippen LogP contribution < -0.4 is 10.6 Å². The summed E-state index contributed by atoms with van der Waals surface area (Å²) in [7, 11) is 0. The van der Waals surface area contributed by atoms with Crippen LogP contribution in [0, 0.1) is 0 Å². The molecule has 1 atom stereocenters. The van der Waals surface area contributed by atoms with E-state index in [1.807, 2.05) is 0 Å². The second-order valence-electron chi connectivity index (χ2n) is 5.41. The molecule has 3 rings (SSSR count). The Bertz CT molecular complexity index is 864. The minimum Gasteiger partial charge on any atom is -0.367 e. The van der Waals surface area contributed by atoms with Crippen LogP contribution in [0.5, 0.6) is 0 Å². The summed E-state index contributed by atoms with van der Waals surface area (Å²) in [4.78, 5) is 20.4. The number of rotatable bonds is 5. The second-order valence-corrected chi connectivity index (χ2v) is 5.85. The summed E-state index contributed by atoms with van der Waals surface area (Å²) < 4.78 is 1.62. The van der Waals surface area contributed by atoms with Crippen LogP contribution >= 0.6 is 11.6 Å². The normalized spacial score (nSPS) is 12.1. The van der Waals surface area contributed by atoms with Gasteiger partial charge in [0.1, 0.15) is 5.82 Å². The second kappa shape index (κ2) is 6.84. The van der Waals surface area contributed by atoms with Crippen molar-refractivity contribution in [2.75, 3.05) is 10.6 Å². The van der Waals surface area contributed by atoms with Crippen LogP contribution in [-0.4, -0.2) is 31.5 Å². The summed E-state index contributed by atoms with van der Waals surface area (Å²) in [6.07, 6.45) is 4.04. The summed E-state index contributed by atoms with van der Waals surface area (Å²) >= 11 is 6.14. The van der Waals surface area contributed by atoms with Crippen LogP contribution in [0.15, 0.2) is 36.7 Å². The van der Waals surface area contributed by atoms with Gasteiger partial charge in [-0.15, -0.1) is 5.10 Å². The maximum absolute atomic E-state index is 12.2. The van der Waals surface area contributed by atoms with Crippen LogP contribution in [0.2, 0.25) is 5.02 Å². The maximum atomic E-state index is 12.2. The van der Waals surface area contributed by atoms with Crippen LogP contribution in [0.25, 0.3) is 5.65 Å². The van der Waals surface area contributed by atoms with E-state index in [4.69, 9.17) is 11.6 Å². The van der Waals surface area contributed by atoms with Crippen molar-refractivity contribution in [3.63, 3.8) is 0 Å². The Labute approximate surface area is 144 Å².